The summed E-state index contributed by atoms with van der Waals surface area (Å²) in [7, 11) is -0.426. The molecular weight excluding hydrogens is 560 g/mol. The average Bonchev–Trinajstić information content (AvgIpc) is 2.88. The van der Waals surface area contributed by atoms with E-state index in [9.17, 15) is 18.0 Å². The number of hydrogen-bond acceptors (Lipinski definition) is 6. The monoisotopic (exact) mass is 582 g/mol. The molecule has 0 saturated heterocycles. The van der Waals surface area contributed by atoms with Gasteiger partial charge in [0, 0.05) is 36.2 Å². The fraction of sp³-hybridized carbons (Fsp3) is 0.0769. The number of aromatic nitrogens is 2. The van der Waals surface area contributed by atoms with Gasteiger partial charge in [0.05, 0.1) is 22.2 Å². The third kappa shape index (κ3) is 6.01. The number of nitrogens with zero attached hydrogens (tertiary/aromatic N) is 1. The third-order valence-electron chi connectivity index (χ3n) is 5.43. The van der Waals surface area contributed by atoms with Crippen molar-refractivity contribution >= 4 is 49.5 Å². The summed E-state index contributed by atoms with van der Waals surface area (Å²) in [6, 6.07) is 18.1. The molecule has 3 aromatic carbocycles. The van der Waals surface area contributed by atoms with Crippen LogP contribution in [0.2, 0.25) is 0 Å². The molecule has 0 amide bonds. The van der Waals surface area contributed by atoms with Gasteiger partial charge in [-0.2, -0.15) is 0 Å². The zero-order valence-electron chi connectivity index (χ0n) is 19.9. The zero-order valence-corrected chi connectivity index (χ0v) is 22.3. The van der Waals surface area contributed by atoms with Crippen molar-refractivity contribution in [3.05, 3.63) is 109 Å². The van der Waals surface area contributed by atoms with Crippen molar-refractivity contribution in [2.24, 2.45) is 0 Å². The Bertz CT molecular complexity index is 1680. The molecule has 0 aliphatic carbocycles. The van der Waals surface area contributed by atoms with E-state index in [4.69, 9.17) is 4.74 Å². The molecule has 4 aromatic rings. The van der Waals surface area contributed by atoms with E-state index in [1.54, 1.807) is 55.6 Å². The summed E-state index contributed by atoms with van der Waals surface area (Å²) in [5, 5.41) is 2.95. The number of sulfonamides is 1. The highest BCUT2D eigenvalue weighted by Gasteiger charge is 2.14. The topological polar surface area (TPSA) is 122 Å². The Labute approximate surface area is 221 Å². The predicted molar refractivity (Wildman–Crippen MR) is 149 cm³/mol. The molecular formula is C26H23BrN4O5S. The van der Waals surface area contributed by atoms with E-state index in [0.717, 1.165) is 11.3 Å². The van der Waals surface area contributed by atoms with Gasteiger partial charge in [0.1, 0.15) is 5.75 Å². The third-order valence-corrected chi connectivity index (χ3v) is 7.42. The summed E-state index contributed by atoms with van der Waals surface area (Å²) in [5.74, 6) is 0.561. The molecule has 0 bridgehead atoms. The van der Waals surface area contributed by atoms with Gasteiger partial charge in [-0.15, -0.1) is 0 Å². The molecule has 0 radical (unpaired) electrons. The molecule has 0 aliphatic heterocycles. The highest BCUT2D eigenvalue weighted by Crippen LogP contribution is 2.33. The first-order valence-corrected chi connectivity index (χ1v) is 13.3. The Kier molecular flexibility index (Phi) is 7.65. The van der Waals surface area contributed by atoms with Crippen LogP contribution in [0, 0.1) is 0 Å². The predicted octanol–water partition coefficient (Wildman–Crippen LogP) is 4.31. The molecule has 0 aliphatic rings. The highest BCUT2D eigenvalue weighted by molar-refractivity contribution is 9.10. The van der Waals surface area contributed by atoms with Crippen LogP contribution >= 0.6 is 15.9 Å². The first-order chi connectivity index (χ1) is 17.7. The quantitative estimate of drug-likeness (QED) is 0.266. The summed E-state index contributed by atoms with van der Waals surface area (Å²) in [6.07, 6.45) is 5.04. The fourth-order valence-corrected chi connectivity index (χ4v) is 5.25. The van der Waals surface area contributed by atoms with Gasteiger partial charge in [0.25, 0.3) is 15.6 Å². The maximum absolute atomic E-state index is 12.7. The minimum Gasteiger partial charge on any atom is -0.495 e. The summed E-state index contributed by atoms with van der Waals surface area (Å²) in [6.45, 7) is 0. The van der Waals surface area contributed by atoms with Gasteiger partial charge in [0.15, 0.2) is 0 Å². The molecule has 190 valence electrons. The lowest BCUT2D eigenvalue weighted by Gasteiger charge is -2.12. The average molecular weight is 583 g/mol. The number of aromatic amines is 1. The SMILES string of the molecule is CNc1ccc(S(=O)(=O)Nc2ccc(/C=C/c3cc(-n4ccc(=O)[nH]c4=O)cc(Br)c3OC)cc2)cc1. The Hall–Kier alpha value is -4.09. The molecule has 4 rings (SSSR count). The van der Waals surface area contributed by atoms with Crippen LogP contribution in [0.1, 0.15) is 11.1 Å². The molecule has 0 spiro atoms. The Balaban J connectivity index is 1.57. The maximum Gasteiger partial charge on any atom is 0.332 e. The first kappa shape index (κ1) is 26.0. The summed E-state index contributed by atoms with van der Waals surface area (Å²) in [4.78, 5) is 26.0. The molecule has 9 nitrogen and oxygen atoms in total. The summed E-state index contributed by atoms with van der Waals surface area (Å²) >= 11 is 3.47. The molecule has 3 N–H and O–H groups in total. The number of nitrogens with one attached hydrogen (secondary N) is 3. The van der Waals surface area contributed by atoms with Gasteiger partial charge in [-0.25, -0.2) is 13.2 Å². The molecule has 1 heterocycles. The number of rotatable bonds is 8. The normalized spacial score (nSPS) is 11.4. The van der Waals surface area contributed by atoms with Crippen LogP contribution < -0.4 is 26.0 Å². The van der Waals surface area contributed by atoms with Gasteiger partial charge in [-0.05, 0) is 70.0 Å². The van der Waals surface area contributed by atoms with E-state index in [1.165, 1.54) is 36.1 Å². The van der Waals surface area contributed by atoms with Gasteiger partial charge in [-0.1, -0.05) is 24.3 Å². The molecule has 37 heavy (non-hydrogen) atoms. The Morgan fingerprint density at radius 2 is 1.62 bits per heavy atom. The van der Waals surface area contributed by atoms with Gasteiger partial charge < -0.3 is 10.1 Å². The van der Waals surface area contributed by atoms with Crippen molar-refractivity contribution in [1.29, 1.82) is 0 Å². The summed E-state index contributed by atoms with van der Waals surface area (Å²) in [5.41, 5.74) is 2.22. The Morgan fingerprint density at radius 1 is 0.946 bits per heavy atom. The largest absolute Gasteiger partial charge is 0.495 e. The summed E-state index contributed by atoms with van der Waals surface area (Å²) < 4.78 is 35.4. The number of methoxy groups -OCH3 is 1. The standard InChI is InChI=1S/C26H23BrN4O5S/c1-28-19-9-11-22(12-10-19)37(34,35)30-20-7-4-17(5-8-20)3-6-18-15-21(16-23(27)25(18)36-2)31-14-13-24(32)29-26(31)33/h3-16,28,30H,1-2H3,(H,29,32,33)/b6-3+. The van der Waals surface area contributed by atoms with E-state index < -0.39 is 21.3 Å². The van der Waals surface area contributed by atoms with Crippen LogP contribution in [-0.2, 0) is 10.0 Å². The van der Waals surface area contributed by atoms with E-state index in [0.29, 0.717) is 27.2 Å². The molecule has 1 aromatic heterocycles. The molecule has 0 atom stereocenters. The van der Waals surface area contributed by atoms with Crippen molar-refractivity contribution in [2.75, 3.05) is 24.2 Å². The van der Waals surface area contributed by atoms with Crippen LogP contribution in [0.15, 0.2) is 91.9 Å². The van der Waals surface area contributed by atoms with Crippen LogP contribution in [0.5, 0.6) is 5.75 Å². The lowest BCUT2D eigenvalue weighted by atomic mass is 10.1. The van der Waals surface area contributed by atoms with E-state index in [2.05, 4.69) is 31.0 Å². The van der Waals surface area contributed by atoms with E-state index in [-0.39, 0.29) is 4.90 Å². The van der Waals surface area contributed by atoms with E-state index in [1.807, 2.05) is 12.2 Å². The van der Waals surface area contributed by atoms with Crippen molar-refractivity contribution in [1.82, 2.24) is 9.55 Å². The smallest absolute Gasteiger partial charge is 0.332 e. The first-order valence-electron chi connectivity index (χ1n) is 11.0. The van der Waals surface area contributed by atoms with Crippen LogP contribution in [0.3, 0.4) is 0 Å². The number of H-pyrrole nitrogens is 1. The second-order valence-electron chi connectivity index (χ2n) is 7.87. The lowest BCUT2D eigenvalue weighted by Crippen LogP contribution is -2.27. The van der Waals surface area contributed by atoms with Crippen LogP contribution in [-0.4, -0.2) is 32.1 Å². The lowest BCUT2D eigenvalue weighted by molar-refractivity contribution is 0.411. The fourth-order valence-electron chi connectivity index (χ4n) is 3.56. The minimum atomic E-state index is -3.73. The van der Waals surface area contributed by atoms with Gasteiger partial charge in [-0.3, -0.25) is 19.1 Å². The molecule has 0 fully saturated rings. The number of benzene rings is 3. The van der Waals surface area contributed by atoms with Crippen molar-refractivity contribution in [2.45, 2.75) is 4.90 Å². The Morgan fingerprint density at radius 3 is 2.24 bits per heavy atom. The van der Waals surface area contributed by atoms with Gasteiger partial charge in [0.2, 0.25) is 0 Å². The van der Waals surface area contributed by atoms with Gasteiger partial charge >= 0.3 is 5.69 Å². The number of anilines is 2. The highest BCUT2D eigenvalue weighted by atomic mass is 79.9. The minimum absolute atomic E-state index is 0.162. The molecule has 0 unspecified atom stereocenters. The number of hydrogen-bond donors (Lipinski definition) is 3. The second kappa shape index (κ2) is 10.9. The molecule has 0 saturated carbocycles. The van der Waals surface area contributed by atoms with Crippen molar-refractivity contribution < 1.29 is 13.2 Å². The van der Waals surface area contributed by atoms with Crippen LogP contribution in [0.4, 0.5) is 11.4 Å². The van der Waals surface area contributed by atoms with Crippen molar-refractivity contribution in [3.8, 4) is 11.4 Å². The zero-order chi connectivity index (χ0) is 26.6. The molecule has 11 heteroatoms. The second-order valence-corrected chi connectivity index (χ2v) is 10.4. The number of halogens is 1. The van der Waals surface area contributed by atoms with E-state index >= 15 is 0 Å². The van der Waals surface area contributed by atoms with Crippen LogP contribution in [0.25, 0.3) is 17.8 Å². The van der Waals surface area contributed by atoms with Crippen molar-refractivity contribution in [3.63, 3.8) is 0 Å². The number of ether oxygens (including phenoxy) is 1. The maximum atomic E-state index is 12.7.